The van der Waals surface area contributed by atoms with Gasteiger partial charge in [0.25, 0.3) is 0 Å². The minimum absolute atomic E-state index is 0.684. The lowest BCUT2D eigenvalue weighted by atomic mass is 10.1. The average Bonchev–Trinajstić information content (AvgIpc) is 2.84. The van der Waals surface area contributed by atoms with E-state index in [4.69, 9.17) is 10.4 Å². The van der Waals surface area contributed by atoms with Crippen molar-refractivity contribution in [1.29, 1.82) is 5.26 Å². The molecule has 0 aliphatic carbocycles. The van der Waals surface area contributed by atoms with Crippen LogP contribution in [0.5, 0.6) is 0 Å². The molecule has 0 bridgehead atoms. The van der Waals surface area contributed by atoms with Crippen LogP contribution >= 0.6 is 0 Å². The van der Waals surface area contributed by atoms with E-state index in [-0.39, 0.29) is 0 Å². The van der Waals surface area contributed by atoms with Crippen LogP contribution in [0.2, 0.25) is 0 Å². The molecule has 0 saturated carbocycles. The molecule has 130 valence electrons. The van der Waals surface area contributed by atoms with Crippen LogP contribution < -0.4 is 5.32 Å². The van der Waals surface area contributed by atoms with E-state index in [9.17, 15) is 0 Å². The van der Waals surface area contributed by atoms with Gasteiger partial charge in [-0.25, -0.2) is 4.68 Å². The molecule has 1 saturated heterocycles. The second-order valence-corrected chi connectivity index (χ2v) is 7.07. The van der Waals surface area contributed by atoms with E-state index in [1.807, 2.05) is 28.9 Å². The molecule has 2 aliphatic rings. The van der Waals surface area contributed by atoms with Gasteiger partial charge in [0.05, 0.1) is 23.0 Å². The zero-order chi connectivity index (χ0) is 17.1. The number of likely N-dealkylation sites (tertiary alicyclic amines) is 1. The summed E-state index contributed by atoms with van der Waals surface area (Å²) in [5.41, 5.74) is 4.31. The van der Waals surface area contributed by atoms with Gasteiger partial charge in [-0.3, -0.25) is 4.90 Å². The molecular formula is C20H25N5. The largest absolute Gasteiger partial charge is 0.370 e. The van der Waals surface area contributed by atoms with Crippen LogP contribution in [0.3, 0.4) is 0 Å². The number of piperidine rings is 1. The number of nitrogens with zero attached hydrogens (tertiary/aromatic N) is 4. The van der Waals surface area contributed by atoms with Gasteiger partial charge in [0.1, 0.15) is 5.82 Å². The number of hydrogen-bond donors (Lipinski definition) is 1. The van der Waals surface area contributed by atoms with Crippen molar-refractivity contribution >= 4 is 5.82 Å². The Morgan fingerprint density at radius 1 is 1.04 bits per heavy atom. The SMILES string of the molecule is N#Cc1ccc(-n2nc(CN3CCCCC3)c3c2NCCCC3)cc1. The summed E-state index contributed by atoms with van der Waals surface area (Å²) < 4.78 is 2.04. The molecule has 25 heavy (non-hydrogen) atoms. The van der Waals surface area contributed by atoms with E-state index in [2.05, 4.69) is 16.3 Å². The molecule has 2 aromatic rings. The highest BCUT2D eigenvalue weighted by Crippen LogP contribution is 2.29. The lowest BCUT2D eigenvalue weighted by Crippen LogP contribution is -2.29. The van der Waals surface area contributed by atoms with Crippen molar-refractivity contribution in [1.82, 2.24) is 14.7 Å². The molecule has 0 radical (unpaired) electrons. The van der Waals surface area contributed by atoms with Crippen molar-refractivity contribution < 1.29 is 0 Å². The minimum Gasteiger partial charge on any atom is -0.370 e. The van der Waals surface area contributed by atoms with Crippen molar-refractivity contribution in [2.45, 2.75) is 45.1 Å². The molecule has 0 amide bonds. The number of fused-ring (bicyclic) bond motifs is 1. The first kappa shape index (κ1) is 16.2. The summed E-state index contributed by atoms with van der Waals surface area (Å²) in [6, 6.07) is 9.89. The summed E-state index contributed by atoms with van der Waals surface area (Å²) in [6.45, 7) is 4.32. The molecule has 2 aliphatic heterocycles. The first-order valence-corrected chi connectivity index (χ1v) is 9.43. The Labute approximate surface area is 149 Å². The fourth-order valence-corrected chi connectivity index (χ4v) is 3.89. The number of hydrogen-bond acceptors (Lipinski definition) is 4. The number of benzene rings is 1. The fraction of sp³-hybridized carbons (Fsp3) is 0.500. The summed E-state index contributed by atoms with van der Waals surface area (Å²) in [7, 11) is 0. The van der Waals surface area contributed by atoms with Crippen LogP contribution in [0, 0.1) is 11.3 Å². The van der Waals surface area contributed by atoms with E-state index in [1.165, 1.54) is 56.5 Å². The number of aromatic nitrogens is 2. The Morgan fingerprint density at radius 2 is 1.84 bits per heavy atom. The van der Waals surface area contributed by atoms with Crippen LogP contribution in [0.15, 0.2) is 24.3 Å². The predicted octanol–water partition coefficient (Wildman–Crippen LogP) is 3.48. The summed E-state index contributed by atoms with van der Waals surface area (Å²) in [4.78, 5) is 2.54. The molecule has 5 heteroatoms. The molecule has 0 spiro atoms. The van der Waals surface area contributed by atoms with Crippen molar-refractivity contribution in [2.24, 2.45) is 0 Å². The quantitative estimate of drug-likeness (QED) is 0.933. The van der Waals surface area contributed by atoms with Crippen molar-refractivity contribution in [3.63, 3.8) is 0 Å². The maximum atomic E-state index is 9.02. The first-order chi connectivity index (χ1) is 12.3. The highest BCUT2D eigenvalue weighted by Gasteiger charge is 2.22. The van der Waals surface area contributed by atoms with Crippen molar-refractivity contribution in [3.8, 4) is 11.8 Å². The van der Waals surface area contributed by atoms with E-state index < -0.39 is 0 Å². The Morgan fingerprint density at radius 3 is 2.60 bits per heavy atom. The number of nitrogens with one attached hydrogen (secondary N) is 1. The highest BCUT2D eigenvalue weighted by atomic mass is 15.3. The smallest absolute Gasteiger partial charge is 0.133 e. The summed E-state index contributed by atoms with van der Waals surface area (Å²) >= 11 is 0. The third-order valence-electron chi connectivity index (χ3n) is 5.28. The summed E-state index contributed by atoms with van der Waals surface area (Å²) in [6.07, 6.45) is 7.47. The fourth-order valence-electron chi connectivity index (χ4n) is 3.89. The van der Waals surface area contributed by atoms with Gasteiger partial charge in [0, 0.05) is 18.7 Å². The van der Waals surface area contributed by atoms with E-state index in [0.717, 1.165) is 31.0 Å². The number of anilines is 1. The average molecular weight is 335 g/mol. The molecule has 1 aromatic heterocycles. The lowest BCUT2D eigenvalue weighted by molar-refractivity contribution is 0.217. The molecule has 0 atom stereocenters. The Balaban J connectivity index is 1.69. The van der Waals surface area contributed by atoms with Gasteiger partial charge in [-0.1, -0.05) is 6.42 Å². The van der Waals surface area contributed by atoms with E-state index >= 15 is 0 Å². The molecule has 0 unspecified atom stereocenters. The van der Waals surface area contributed by atoms with Gasteiger partial charge in [0.15, 0.2) is 0 Å². The van der Waals surface area contributed by atoms with Crippen LogP contribution in [-0.4, -0.2) is 34.3 Å². The topological polar surface area (TPSA) is 56.9 Å². The third-order valence-corrected chi connectivity index (χ3v) is 5.28. The van der Waals surface area contributed by atoms with Crippen LogP contribution in [0.4, 0.5) is 5.82 Å². The summed E-state index contributed by atoms with van der Waals surface area (Å²) in [5.74, 6) is 1.15. The van der Waals surface area contributed by atoms with Crippen LogP contribution in [0.25, 0.3) is 5.69 Å². The molecule has 1 aromatic carbocycles. The lowest BCUT2D eigenvalue weighted by Gasteiger charge is -2.25. The van der Waals surface area contributed by atoms with Gasteiger partial charge >= 0.3 is 0 Å². The summed E-state index contributed by atoms with van der Waals surface area (Å²) in [5, 5.41) is 17.6. The molecule has 3 heterocycles. The van der Waals surface area contributed by atoms with Gasteiger partial charge < -0.3 is 5.32 Å². The minimum atomic E-state index is 0.684. The Kier molecular flexibility index (Phi) is 4.71. The second-order valence-electron chi connectivity index (χ2n) is 7.07. The van der Waals surface area contributed by atoms with Gasteiger partial charge in [-0.2, -0.15) is 10.4 Å². The Bertz CT molecular complexity index is 763. The van der Waals surface area contributed by atoms with E-state index in [1.54, 1.807) is 0 Å². The third kappa shape index (κ3) is 3.40. The van der Waals surface area contributed by atoms with Crippen LogP contribution in [0.1, 0.15) is 48.9 Å². The van der Waals surface area contributed by atoms with Crippen molar-refractivity contribution in [2.75, 3.05) is 25.0 Å². The van der Waals surface area contributed by atoms with Gasteiger partial charge in [-0.05, 0) is 69.5 Å². The molecule has 4 rings (SSSR count). The Hall–Kier alpha value is -2.32. The van der Waals surface area contributed by atoms with Crippen LogP contribution in [-0.2, 0) is 13.0 Å². The maximum absolute atomic E-state index is 9.02. The second kappa shape index (κ2) is 7.28. The normalized spacial score (nSPS) is 18.0. The molecule has 5 nitrogen and oxygen atoms in total. The van der Waals surface area contributed by atoms with E-state index in [0.29, 0.717) is 5.56 Å². The molecule has 1 N–H and O–H groups in total. The van der Waals surface area contributed by atoms with Gasteiger partial charge in [-0.15, -0.1) is 0 Å². The number of nitriles is 1. The van der Waals surface area contributed by atoms with Gasteiger partial charge in [0.2, 0.25) is 0 Å². The maximum Gasteiger partial charge on any atom is 0.133 e. The number of rotatable bonds is 3. The highest BCUT2D eigenvalue weighted by molar-refractivity contribution is 5.55. The predicted molar refractivity (Wildman–Crippen MR) is 98.8 cm³/mol. The molecule has 1 fully saturated rings. The monoisotopic (exact) mass is 335 g/mol. The molecular weight excluding hydrogens is 310 g/mol. The zero-order valence-corrected chi connectivity index (χ0v) is 14.7. The zero-order valence-electron chi connectivity index (χ0n) is 14.7. The first-order valence-electron chi connectivity index (χ1n) is 9.43. The standard InChI is InChI=1S/C20H25N5/c21-14-16-7-9-17(10-8-16)25-20-18(6-2-3-11-22-20)19(23-25)15-24-12-4-1-5-13-24/h7-10,22H,1-6,11-13,15H2. The van der Waals surface area contributed by atoms with Crippen molar-refractivity contribution in [3.05, 3.63) is 41.1 Å².